The Morgan fingerprint density at radius 3 is 2.55 bits per heavy atom. The number of ketones is 1. The number of benzene rings is 2. The molecule has 1 N–H and O–H groups in total. The van der Waals surface area contributed by atoms with E-state index in [1.807, 2.05) is 0 Å². The number of carbonyl (C=O) groups excluding carboxylic acids is 2. The standard InChI is InChI=1S/C20H13N3O5S/c24-17(12-5-2-1-3-6-12)15-16(13-7-4-8-14(11-13)23(27)28)22(19(26)18(15)25)20-21-9-10-29-20/h1-11,16,24H. The lowest BCUT2D eigenvalue weighted by atomic mass is 9.95. The van der Waals surface area contributed by atoms with E-state index in [0.717, 1.165) is 11.3 Å². The summed E-state index contributed by atoms with van der Waals surface area (Å²) in [5, 5.41) is 24.0. The van der Waals surface area contributed by atoms with Crippen LogP contribution >= 0.6 is 11.3 Å². The predicted molar refractivity (Wildman–Crippen MR) is 106 cm³/mol. The number of aliphatic hydroxyl groups excluding tert-OH is 1. The molecule has 1 unspecified atom stereocenters. The first kappa shape index (κ1) is 18.5. The first-order valence-corrected chi connectivity index (χ1v) is 9.37. The molecule has 4 rings (SSSR count). The average molecular weight is 407 g/mol. The largest absolute Gasteiger partial charge is 0.507 e. The number of nitro benzene ring substituents is 1. The highest BCUT2D eigenvalue weighted by Gasteiger charge is 2.48. The second kappa shape index (κ2) is 7.28. The van der Waals surface area contributed by atoms with E-state index >= 15 is 0 Å². The zero-order valence-corrected chi connectivity index (χ0v) is 15.6. The number of thiazole rings is 1. The maximum absolute atomic E-state index is 12.9. The van der Waals surface area contributed by atoms with Gasteiger partial charge in [0.15, 0.2) is 5.13 Å². The van der Waals surface area contributed by atoms with Crippen LogP contribution in [0.1, 0.15) is 17.2 Å². The molecule has 1 aliphatic rings. The Hall–Kier alpha value is -3.85. The molecule has 1 amide bonds. The van der Waals surface area contributed by atoms with Crippen LogP contribution in [-0.4, -0.2) is 26.7 Å². The molecule has 1 aromatic heterocycles. The van der Waals surface area contributed by atoms with Gasteiger partial charge in [0.2, 0.25) is 0 Å². The van der Waals surface area contributed by atoms with Crippen molar-refractivity contribution >= 4 is 39.6 Å². The van der Waals surface area contributed by atoms with Crippen LogP contribution in [0, 0.1) is 10.1 Å². The van der Waals surface area contributed by atoms with Gasteiger partial charge in [-0.2, -0.15) is 0 Å². The van der Waals surface area contributed by atoms with Crippen molar-refractivity contribution in [2.75, 3.05) is 4.90 Å². The third-order valence-corrected chi connectivity index (χ3v) is 5.28. The van der Waals surface area contributed by atoms with E-state index in [1.165, 1.54) is 29.3 Å². The summed E-state index contributed by atoms with van der Waals surface area (Å²) in [5.41, 5.74) is 0.356. The van der Waals surface area contributed by atoms with E-state index in [2.05, 4.69) is 4.98 Å². The second-order valence-corrected chi connectivity index (χ2v) is 7.07. The fraction of sp³-hybridized carbons (Fsp3) is 0.0500. The molecule has 0 aliphatic carbocycles. The van der Waals surface area contributed by atoms with E-state index < -0.39 is 22.7 Å². The van der Waals surface area contributed by atoms with Gasteiger partial charge >= 0.3 is 5.91 Å². The lowest BCUT2D eigenvalue weighted by molar-refractivity contribution is -0.384. The summed E-state index contributed by atoms with van der Waals surface area (Å²) in [5.74, 6) is -2.08. The Morgan fingerprint density at radius 2 is 1.90 bits per heavy atom. The fourth-order valence-corrected chi connectivity index (χ4v) is 3.91. The maximum Gasteiger partial charge on any atom is 0.301 e. The topological polar surface area (TPSA) is 114 Å². The van der Waals surface area contributed by atoms with Crippen molar-refractivity contribution < 1.29 is 19.6 Å². The number of non-ortho nitro benzene ring substituents is 1. The van der Waals surface area contributed by atoms with Crippen LogP contribution in [0.3, 0.4) is 0 Å². The van der Waals surface area contributed by atoms with Crippen molar-refractivity contribution in [2.24, 2.45) is 0 Å². The number of nitro groups is 1. The fourth-order valence-electron chi connectivity index (χ4n) is 3.24. The molecule has 2 aromatic carbocycles. The molecular weight excluding hydrogens is 394 g/mol. The van der Waals surface area contributed by atoms with Crippen LogP contribution < -0.4 is 4.90 Å². The molecule has 9 heteroatoms. The van der Waals surface area contributed by atoms with Gasteiger partial charge < -0.3 is 5.11 Å². The molecule has 1 saturated heterocycles. The van der Waals surface area contributed by atoms with Gasteiger partial charge in [0.05, 0.1) is 16.5 Å². The number of aliphatic hydroxyl groups is 1. The van der Waals surface area contributed by atoms with Crippen LogP contribution in [0.25, 0.3) is 5.76 Å². The monoisotopic (exact) mass is 407 g/mol. The van der Waals surface area contributed by atoms with Crippen molar-refractivity contribution in [1.29, 1.82) is 0 Å². The smallest absolute Gasteiger partial charge is 0.301 e. The quantitative estimate of drug-likeness (QED) is 0.232. The van der Waals surface area contributed by atoms with Crippen molar-refractivity contribution in [1.82, 2.24) is 4.98 Å². The van der Waals surface area contributed by atoms with Gasteiger partial charge in [-0.15, -0.1) is 11.3 Å². The molecular formula is C20H13N3O5S. The van der Waals surface area contributed by atoms with E-state index in [4.69, 9.17) is 0 Å². The number of anilines is 1. The van der Waals surface area contributed by atoms with Crippen molar-refractivity contribution in [2.45, 2.75) is 6.04 Å². The summed E-state index contributed by atoms with van der Waals surface area (Å²) in [6.45, 7) is 0. The summed E-state index contributed by atoms with van der Waals surface area (Å²) < 4.78 is 0. The third-order valence-electron chi connectivity index (χ3n) is 4.51. The van der Waals surface area contributed by atoms with E-state index in [9.17, 15) is 24.8 Å². The molecule has 0 radical (unpaired) electrons. The minimum atomic E-state index is -1.04. The summed E-state index contributed by atoms with van der Waals surface area (Å²) >= 11 is 1.15. The van der Waals surface area contributed by atoms with E-state index in [1.54, 1.807) is 41.8 Å². The Morgan fingerprint density at radius 1 is 1.14 bits per heavy atom. The molecule has 0 spiro atoms. The highest BCUT2D eigenvalue weighted by atomic mass is 32.1. The highest BCUT2D eigenvalue weighted by Crippen LogP contribution is 2.43. The average Bonchev–Trinajstić information content (AvgIpc) is 3.35. The first-order valence-electron chi connectivity index (χ1n) is 8.49. The van der Waals surface area contributed by atoms with E-state index in [0.29, 0.717) is 11.1 Å². The molecule has 1 aliphatic heterocycles. The lowest BCUT2D eigenvalue weighted by Gasteiger charge is -2.22. The zero-order valence-electron chi connectivity index (χ0n) is 14.8. The van der Waals surface area contributed by atoms with Gasteiger partial charge in [-0.3, -0.25) is 24.6 Å². The molecule has 2 heterocycles. The number of nitrogens with zero attached hydrogens (tertiary/aromatic N) is 3. The zero-order chi connectivity index (χ0) is 20.5. The van der Waals surface area contributed by atoms with Gasteiger partial charge in [-0.25, -0.2) is 4.98 Å². The number of aromatic nitrogens is 1. The van der Waals surface area contributed by atoms with Gasteiger partial charge in [0.1, 0.15) is 5.76 Å². The van der Waals surface area contributed by atoms with Crippen LogP contribution in [-0.2, 0) is 9.59 Å². The molecule has 1 atom stereocenters. The van der Waals surface area contributed by atoms with Gasteiger partial charge in [-0.1, -0.05) is 42.5 Å². The van der Waals surface area contributed by atoms with Crippen molar-refractivity contribution in [3.63, 3.8) is 0 Å². The molecule has 0 saturated carbocycles. The Balaban J connectivity index is 1.96. The third kappa shape index (κ3) is 3.17. The van der Waals surface area contributed by atoms with Crippen LogP contribution in [0.4, 0.5) is 10.8 Å². The maximum atomic E-state index is 12.9. The molecule has 1 fully saturated rings. The van der Waals surface area contributed by atoms with Gasteiger partial charge in [-0.05, 0) is 5.56 Å². The normalized spacial score (nSPS) is 18.2. The van der Waals surface area contributed by atoms with Crippen LogP contribution in [0.5, 0.6) is 0 Å². The van der Waals surface area contributed by atoms with Crippen molar-refractivity contribution in [3.8, 4) is 0 Å². The van der Waals surface area contributed by atoms with Crippen LogP contribution in [0.15, 0.2) is 71.7 Å². The van der Waals surface area contributed by atoms with Crippen LogP contribution in [0.2, 0.25) is 0 Å². The Bertz CT molecular complexity index is 1140. The Labute approximate surface area is 168 Å². The molecule has 0 bridgehead atoms. The number of carbonyl (C=O) groups is 2. The SMILES string of the molecule is O=C1C(=O)N(c2nccs2)C(c2cccc([N+](=O)[O-])c2)C1=C(O)c1ccccc1. The lowest BCUT2D eigenvalue weighted by Crippen LogP contribution is -2.29. The summed E-state index contributed by atoms with van der Waals surface area (Å²) in [4.78, 5) is 41.6. The summed E-state index contributed by atoms with van der Waals surface area (Å²) in [7, 11) is 0. The van der Waals surface area contributed by atoms with Gasteiger partial charge in [0.25, 0.3) is 11.5 Å². The van der Waals surface area contributed by atoms with Crippen molar-refractivity contribution in [3.05, 3.63) is 93.0 Å². The number of Topliss-reactive ketones (excluding diaryl/α,β-unsaturated/α-hetero) is 1. The Kier molecular flexibility index (Phi) is 4.65. The summed E-state index contributed by atoms with van der Waals surface area (Å²) in [6, 6.07) is 13.0. The minimum Gasteiger partial charge on any atom is -0.507 e. The molecule has 29 heavy (non-hydrogen) atoms. The molecule has 3 aromatic rings. The minimum absolute atomic E-state index is 0.142. The molecule has 144 valence electrons. The van der Waals surface area contributed by atoms with Gasteiger partial charge in [0, 0.05) is 29.3 Å². The van der Waals surface area contributed by atoms with E-state index in [-0.39, 0.29) is 22.2 Å². The number of amides is 1. The number of hydrogen-bond acceptors (Lipinski definition) is 7. The predicted octanol–water partition coefficient (Wildman–Crippen LogP) is 3.68. The summed E-state index contributed by atoms with van der Waals surface area (Å²) in [6.07, 6.45) is 1.49. The molecule has 8 nitrogen and oxygen atoms in total. The first-order chi connectivity index (χ1) is 14.0. The number of rotatable bonds is 4. The second-order valence-electron chi connectivity index (χ2n) is 6.20. The number of hydrogen-bond donors (Lipinski definition) is 1. The highest BCUT2D eigenvalue weighted by molar-refractivity contribution is 7.14.